The molecule has 5 aromatic carbocycles. The van der Waals surface area contributed by atoms with Crippen molar-refractivity contribution in [3.8, 4) is 17.2 Å². The summed E-state index contributed by atoms with van der Waals surface area (Å²) in [6.45, 7) is 0.548. The molecule has 0 radical (unpaired) electrons. The number of para-hydroxylation sites is 1. The van der Waals surface area contributed by atoms with Gasteiger partial charge in [-0.3, -0.25) is 4.79 Å². The second kappa shape index (κ2) is 13.9. The number of carbonyl (C=O) groups is 1. The van der Waals surface area contributed by atoms with Crippen LogP contribution in [0.3, 0.4) is 0 Å². The fraction of sp³-hybridized carbons (Fsp3) is 0.139. The Morgan fingerprint density at radius 1 is 0.651 bits per heavy atom. The second-order valence-electron chi connectivity index (χ2n) is 10.0. The number of nitrogens with zero attached hydrogens (tertiary/aromatic N) is 1. The molecule has 7 heteroatoms. The molecular weight excluding hydrogens is 557 g/mol. The highest BCUT2D eigenvalue weighted by molar-refractivity contribution is 7.78. The Morgan fingerprint density at radius 2 is 1.23 bits per heavy atom. The molecule has 218 valence electrons. The SMILES string of the molecule is COc1ccc(CN(CP(=O)(c2ccccc2)c2ccccc2)C(=O)c2cccc(OCc3ccccc3)c2OC)cc1. The standard InChI is InChI=1S/C36H34NO5P/c1-40-30-23-21-28(22-24-30)25-37(27-43(39,31-15-8-4-9-16-31)32-17-10-5-11-18-32)36(38)33-19-12-20-34(35(33)41-2)42-26-29-13-6-3-7-14-29/h3-24H,25-27H2,1-2H3. The minimum absolute atomic E-state index is 0.00978. The summed E-state index contributed by atoms with van der Waals surface area (Å²) in [5, 5.41) is 1.36. The van der Waals surface area contributed by atoms with Crippen molar-refractivity contribution in [2.75, 3.05) is 20.5 Å². The lowest BCUT2D eigenvalue weighted by molar-refractivity contribution is 0.0768. The zero-order valence-corrected chi connectivity index (χ0v) is 25.2. The van der Waals surface area contributed by atoms with Gasteiger partial charge in [-0.05, 0) is 35.4 Å². The molecule has 5 aromatic rings. The van der Waals surface area contributed by atoms with Gasteiger partial charge in [0.05, 0.1) is 26.1 Å². The summed E-state index contributed by atoms with van der Waals surface area (Å²) < 4.78 is 32.3. The zero-order chi connectivity index (χ0) is 30.1. The molecule has 0 unspecified atom stereocenters. The molecule has 0 heterocycles. The van der Waals surface area contributed by atoms with E-state index in [1.807, 2.05) is 115 Å². The molecule has 0 atom stereocenters. The van der Waals surface area contributed by atoms with E-state index >= 15 is 4.57 Å². The summed E-state index contributed by atoms with van der Waals surface area (Å²) in [6.07, 6.45) is -0.00978. The molecule has 0 aromatic heterocycles. The van der Waals surface area contributed by atoms with E-state index in [0.29, 0.717) is 40.0 Å². The Hall–Kier alpha value is -4.80. The smallest absolute Gasteiger partial charge is 0.258 e. The maximum Gasteiger partial charge on any atom is 0.258 e. The Bertz CT molecular complexity index is 1630. The fourth-order valence-corrected chi connectivity index (χ4v) is 7.58. The number of amides is 1. The van der Waals surface area contributed by atoms with Crippen molar-refractivity contribution in [2.24, 2.45) is 0 Å². The van der Waals surface area contributed by atoms with Gasteiger partial charge in [0.15, 0.2) is 18.6 Å². The van der Waals surface area contributed by atoms with Gasteiger partial charge in [-0.1, -0.05) is 109 Å². The number of ether oxygens (including phenoxy) is 3. The van der Waals surface area contributed by atoms with E-state index < -0.39 is 7.14 Å². The maximum absolute atomic E-state index is 15.1. The van der Waals surface area contributed by atoms with Crippen LogP contribution in [0.4, 0.5) is 0 Å². The minimum atomic E-state index is -3.29. The third kappa shape index (κ3) is 6.99. The van der Waals surface area contributed by atoms with Crippen LogP contribution in [0.2, 0.25) is 0 Å². The lowest BCUT2D eigenvalue weighted by Crippen LogP contribution is -2.35. The van der Waals surface area contributed by atoms with E-state index in [9.17, 15) is 4.79 Å². The van der Waals surface area contributed by atoms with Gasteiger partial charge in [-0.15, -0.1) is 0 Å². The predicted octanol–water partition coefficient (Wildman–Crippen LogP) is 6.90. The van der Waals surface area contributed by atoms with Crippen molar-refractivity contribution >= 4 is 23.7 Å². The van der Waals surface area contributed by atoms with Crippen molar-refractivity contribution < 1.29 is 23.6 Å². The average Bonchev–Trinajstić information content (AvgIpc) is 3.08. The Morgan fingerprint density at radius 3 is 1.79 bits per heavy atom. The summed E-state index contributed by atoms with van der Waals surface area (Å²) in [6, 6.07) is 41.3. The van der Waals surface area contributed by atoms with E-state index in [4.69, 9.17) is 14.2 Å². The van der Waals surface area contributed by atoms with Crippen LogP contribution in [0, 0.1) is 0 Å². The molecule has 0 aliphatic rings. The van der Waals surface area contributed by atoms with Crippen molar-refractivity contribution in [1.29, 1.82) is 0 Å². The van der Waals surface area contributed by atoms with Crippen LogP contribution in [-0.4, -0.2) is 31.3 Å². The Kier molecular flexibility index (Phi) is 9.60. The van der Waals surface area contributed by atoms with Gasteiger partial charge < -0.3 is 23.7 Å². The maximum atomic E-state index is 15.1. The van der Waals surface area contributed by atoms with Gasteiger partial charge in [0.25, 0.3) is 5.91 Å². The molecule has 0 N–H and O–H groups in total. The quantitative estimate of drug-likeness (QED) is 0.148. The molecule has 1 amide bonds. The van der Waals surface area contributed by atoms with E-state index in [1.165, 1.54) is 7.11 Å². The summed E-state index contributed by atoms with van der Waals surface area (Å²) in [5.74, 6) is 1.18. The van der Waals surface area contributed by atoms with Gasteiger partial charge in [0, 0.05) is 17.2 Å². The Labute approximate surface area is 252 Å². The van der Waals surface area contributed by atoms with E-state index in [2.05, 4.69) is 0 Å². The van der Waals surface area contributed by atoms with Crippen LogP contribution in [0.1, 0.15) is 21.5 Å². The molecule has 0 saturated heterocycles. The number of hydrogen-bond donors (Lipinski definition) is 0. The van der Waals surface area contributed by atoms with Crippen LogP contribution in [0.25, 0.3) is 0 Å². The highest BCUT2D eigenvalue weighted by Crippen LogP contribution is 2.45. The first-order valence-electron chi connectivity index (χ1n) is 14.0. The van der Waals surface area contributed by atoms with Crippen LogP contribution >= 0.6 is 7.14 Å². The lowest BCUT2D eigenvalue weighted by Gasteiger charge is -2.29. The molecule has 0 aliphatic carbocycles. The number of hydrogen-bond acceptors (Lipinski definition) is 5. The van der Waals surface area contributed by atoms with Crippen LogP contribution < -0.4 is 24.8 Å². The average molecular weight is 592 g/mol. The van der Waals surface area contributed by atoms with Crippen LogP contribution in [0.15, 0.2) is 133 Å². The van der Waals surface area contributed by atoms with Crippen molar-refractivity contribution in [1.82, 2.24) is 4.90 Å². The zero-order valence-electron chi connectivity index (χ0n) is 24.3. The number of benzene rings is 5. The molecular formula is C36H34NO5P. The summed E-state index contributed by atoms with van der Waals surface area (Å²) >= 11 is 0. The molecule has 0 saturated carbocycles. The predicted molar refractivity (Wildman–Crippen MR) is 171 cm³/mol. The van der Waals surface area contributed by atoms with Gasteiger partial charge in [0.1, 0.15) is 12.4 Å². The third-order valence-electron chi connectivity index (χ3n) is 7.19. The summed E-state index contributed by atoms with van der Waals surface area (Å²) in [7, 11) is -0.154. The number of rotatable bonds is 12. The first-order chi connectivity index (χ1) is 21.0. The van der Waals surface area contributed by atoms with E-state index in [-0.39, 0.29) is 18.7 Å². The van der Waals surface area contributed by atoms with Crippen molar-refractivity contribution in [3.05, 3.63) is 150 Å². The van der Waals surface area contributed by atoms with Crippen LogP contribution in [0.5, 0.6) is 17.2 Å². The number of carbonyl (C=O) groups excluding carboxylic acids is 1. The first-order valence-corrected chi connectivity index (χ1v) is 15.9. The normalized spacial score (nSPS) is 11.0. The highest BCUT2D eigenvalue weighted by atomic mass is 31.2. The van der Waals surface area contributed by atoms with Gasteiger partial charge in [-0.25, -0.2) is 0 Å². The molecule has 6 nitrogen and oxygen atoms in total. The van der Waals surface area contributed by atoms with Gasteiger partial charge in [0.2, 0.25) is 0 Å². The second-order valence-corrected chi connectivity index (χ2v) is 12.8. The lowest BCUT2D eigenvalue weighted by atomic mass is 10.1. The minimum Gasteiger partial charge on any atom is -0.497 e. The summed E-state index contributed by atoms with van der Waals surface area (Å²) in [5.41, 5.74) is 2.19. The van der Waals surface area contributed by atoms with E-state index in [0.717, 1.165) is 11.1 Å². The molecule has 0 bridgehead atoms. The monoisotopic (exact) mass is 591 g/mol. The molecule has 0 spiro atoms. The third-order valence-corrected chi connectivity index (χ3v) is 10.2. The topological polar surface area (TPSA) is 65.1 Å². The molecule has 5 rings (SSSR count). The number of methoxy groups -OCH3 is 2. The van der Waals surface area contributed by atoms with Crippen LogP contribution in [-0.2, 0) is 17.7 Å². The van der Waals surface area contributed by atoms with Gasteiger partial charge >= 0.3 is 0 Å². The van der Waals surface area contributed by atoms with Crippen molar-refractivity contribution in [2.45, 2.75) is 13.2 Å². The highest BCUT2D eigenvalue weighted by Gasteiger charge is 2.33. The molecule has 43 heavy (non-hydrogen) atoms. The summed E-state index contributed by atoms with van der Waals surface area (Å²) in [4.78, 5) is 16.1. The molecule has 0 aliphatic heterocycles. The Balaban J connectivity index is 1.54. The van der Waals surface area contributed by atoms with Gasteiger partial charge in [-0.2, -0.15) is 0 Å². The largest absolute Gasteiger partial charge is 0.497 e. The molecule has 0 fully saturated rings. The first kappa shape index (κ1) is 29.7. The van der Waals surface area contributed by atoms with Crippen molar-refractivity contribution in [3.63, 3.8) is 0 Å². The van der Waals surface area contributed by atoms with E-state index in [1.54, 1.807) is 30.2 Å². The fourth-order valence-electron chi connectivity index (χ4n) is 4.94.